The standard InChI is InChI=1S/C18H19F3N2O5/c1-2-26-16(24)9-10-23(12-13-6-5-11-27-13)17(25)22-14-7-3-4-8-15(14)28-18(19,20)21/h3-8,11H,2,9-10,12H2,1H3,(H,22,25). The van der Waals surface area contributed by atoms with Gasteiger partial charge in [-0.3, -0.25) is 4.79 Å². The number of anilines is 1. The maximum atomic E-state index is 12.6. The molecule has 28 heavy (non-hydrogen) atoms. The first-order chi connectivity index (χ1) is 13.3. The number of para-hydroxylation sites is 2. The topological polar surface area (TPSA) is 81.0 Å². The number of hydrogen-bond acceptors (Lipinski definition) is 5. The molecule has 0 spiro atoms. The van der Waals surface area contributed by atoms with Crippen molar-refractivity contribution in [3.8, 4) is 5.75 Å². The van der Waals surface area contributed by atoms with Crippen LogP contribution < -0.4 is 10.1 Å². The Labute approximate surface area is 159 Å². The average Bonchev–Trinajstić information content (AvgIpc) is 3.12. The van der Waals surface area contributed by atoms with Gasteiger partial charge in [-0.25, -0.2) is 4.79 Å². The van der Waals surface area contributed by atoms with Gasteiger partial charge in [0, 0.05) is 6.54 Å². The lowest BCUT2D eigenvalue weighted by Gasteiger charge is -2.22. The van der Waals surface area contributed by atoms with Gasteiger partial charge in [0.15, 0.2) is 5.75 Å². The van der Waals surface area contributed by atoms with E-state index in [1.807, 2.05) is 0 Å². The van der Waals surface area contributed by atoms with Crippen LogP contribution in [0, 0.1) is 0 Å². The van der Waals surface area contributed by atoms with Gasteiger partial charge in [0.05, 0.1) is 31.5 Å². The summed E-state index contributed by atoms with van der Waals surface area (Å²) in [6.45, 7) is 1.85. The molecule has 2 aromatic rings. The predicted octanol–water partition coefficient (Wildman–Crippen LogP) is 4.17. The van der Waals surface area contributed by atoms with E-state index in [0.717, 1.165) is 6.07 Å². The summed E-state index contributed by atoms with van der Waals surface area (Å²) in [5.74, 6) is -0.605. The number of esters is 1. The van der Waals surface area contributed by atoms with E-state index in [0.29, 0.717) is 5.76 Å². The molecule has 152 valence electrons. The van der Waals surface area contributed by atoms with Crippen molar-refractivity contribution in [2.75, 3.05) is 18.5 Å². The molecule has 0 unspecified atom stereocenters. The summed E-state index contributed by atoms with van der Waals surface area (Å²) < 4.78 is 51.6. The molecule has 0 aliphatic carbocycles. The van der Waals surface area contributed by atoms with E-state index in [1.165, 1.54) is 29.4 Å². The highest BCUT2D eigenvalue weighted by molar-refractivity contribution is 5.91. The number of nitrogens with zero attached hydrogens (tertiary/aromatic N) is 1. The lowest BCUT2D eigenvalue weighted by molar-refractivity contribution is -0.274. The van der Waals surface area contributed by atoms with E-state index < -0.39 is 24.1 Å². The zero-order valence-electron chi connectivity index (χ0n) is 15.0. The summed E-state index contributed by atoms with van der Waals surface area (Å²) in [5, 5.41) is 2.37. The predicted molar refractivity (Wildman–Crippen MR) is 92.5 cm³/mol. The third kappa shape index (κ3) is 6.86. The Morgan fingerprint density at radius 1 is 1.18 bits per heavy atom. The molecule has 0 aliphatic heterocycles. The zero-order valence-corrected chi connectivity index (χ0v) is 15.0. The van der Waals surface area contributed by atoms with E-state index in [2.05, 4.69) is 10.1 Å². The Hall–Kier alpha value is -3.17. The number of amides is 2. The Balaban J connectivity index is 2.12. The Kier molecular flexibility index (Phi) is 7.30. The molecule has 2 amide bonds. The second kappa shape index (κ2) is 9.67. The highest BCUT2D eigenvalue weighted by Crippen LogP contribution is 2.30. The molecule has 0 saturated carbocycles. The summed E-state index contributed by atoms with van der Waals surface area (Å²) in [5.41, 5.74) is -0.162. The number of halogens is 3. The second-order valence-corrected chi connectivity index (χ2v) is 5.53. The molecule has 0 saturated heterocycles. The van der Waals surface area contributed by atoms with E-state index in [4.69, 9.17) is 9.15 Å². The molecule has 0 radical (unpaired) electrons. The van der Waals surface area contributed by atoms with Gasteiger partial charge in [-0.2, -0.15) is 0 Å². The van der Waals surface area contributed by atoms with E-state index in [-0.39, 0.29) is 31.8 Å². The Morgan fingerprint density at radius 3 is 2.57 bits per heavy atom. The van der Waals surface area contributed by atoms with Crippen LogP contribution >= 0.6 is 0 Å². The van der Waals surface area contributed by atoms with Crippen molar-refractivity contribution >= 4 is 17.7 Å². The van der Waals surface area contributed by atoms with Gasteiger partial charge in [0.25, 0.3) is 0 Å². The van der Waals surface area contributed by atoms with Crippen LogP contribution in [0.15, 0.2) is 47.1 Å². The number of nitrogens with one attached hydrogen (secondary N) is 1. The van der Waals surface area contributed by atoms with Gasteiger partial charge < -0.3 is 24.1 Å². The average molecular weight is 400 g/mol. The van der Waals surface area contributed by atoms with Gasteiger partial charge in [0.2, 0.25) is 0 Å². The lowest BCUT2D eigenvalue weighted by Crippen LogP contribution is -2.36. The molecule has 1 N–H and O–H groups in total. The summed E-state index contributed by atoms with van der Waals surface area (Å²) >= 11 is 0. The SMILES string of the molecule is CCOC(=O)CCN(Cc1ccco1)C(=O)Nc1ccccc1OC(F)(F)F. The highest BCUT2D eigenvalue weighted by atomic mass is 19.4. The second-order valence-electron chi connectivity index (χ2n) is 5.53. The van der Waals surface area contributed by atoms with Gasteiger partial charge in [0.1, 0.15) is 5.76 Å². The molecule has 0 aliphatic rings. The number of benzene rings is 1. The molecule has 0 atom stereocenters. The molecule has 0 bridgehead atoms. The summed E-state index contributed by atoms with van der Waals surface area (Å²) in [6.07, 6.45) is -3.56. The minimum absolute atomic E-state index is 0.0144. The maximum Gasteiger partial charge on any atom is 0.573 e. The van der Waals surface area contributed by atoms with Gasteiger partial charge >= 0.3 is 18.4 Å². The van der Waals surface area contributed by atoms with Crippen molar-refractivity contribution in [3.05, 3.63) is 48.4 Å². The number of ether oxygens (including phenoxy) is 2. The van der Waals surface area contributed by atoms with Crippen molar-refractivity contribution in [1.29, 1.82) is 0 Å². The van der Waals surface area contributed by atoms with Crippen LogP contribution in [-0.2, 0) is 16.1 Å². The molecule has 1 heterocycles. The number of furan rings is 1. The first-order valence-corrected chi connectivity index (χ1v) is 8.37. The number of urea groups is 1. The zero-order chi connectivity index (χ0) is 20.6. The van der Waals surface area contributed by atoms with Gasteiger partial charge in [-0.05, 0) is 31.2 Å². The molecule has 10 heteroatoms. The third-order valence-corrected chi connectivity index (χ3v) is 3.46. The summed E-state index contributed by atoms with van der Waals surface area (Å²) in [6, 6.07) is 7.69. The van der Waals surface area contributed by atoms with Crippen LogP contribution in [0.5, 0.6) is 5.75 Å². The minimum Gasteiger partial charge on any atom is -0.467 e. The van der Waals surface area contributed by atoms with Crippen molar-refractivity contribution < 1.29 is 36.7 Å². The smallest absolute Gasteiger partial charge is 0.467 e. The molecule has 1 aromatic heterocycles. The van der Waals surface area contributed by atoms with Crippen LogP contribution in [0.4, 0.5) is 23.7 Å². The maximum absolute atomic E-state index is 12.6. The number of rotatable bonds is 8. The Morgan fingerprint density at radius 2 is 1.93 bits per heavy atom. The summed E-state index contributed by atoms with van der Waals surface area (Å²) in [7, 11) is 0. The molecule has 1 aromatic carbocycles. The van der Waals surface area contributed by atoms with Gasteiger partial charge in [-0.15, -0.1) is 13.2 Å². The number of carbonyl (C=O) groups is 2. The molecular weight excluding hydrogens is 381 g/mol. The first kappa shape index (κ1) is 21.1. The van der Waals surface area contributed by atoms with E-state index in [9.17, 15) is 22.8 Å². The van der Waals surface area contributed by atoms with Crippen molar-refractivity contribution in [2.24, 2.45) is 0 Å². The fraction of sp³-hybridized carbons (Fsp3) is 0.333. The van der Waals surface area contributed by atoms with Crippen LogP contribution in [0.25, 0.3) is 0 Å². The van der Waals surface area contributed by atoms with Crippen LogP contribution in [-0.4, -0.2) is 36.4 Å². The highest BCUT2D eigenvalue weighted by Gasteiger charge is 2.32. The van der Waals surface area contributed by atoms with Crippen molar-refractivity contribution in [2.45, 2.75) is 26.3 Å². The van der Waals surface area contributed by atoms with Crippen molar-refractivity contribution in [1.82, 2.24) is 4.90 Å². The number of alkyl halides is 3. The van der Waals surface area contributed by atoms with Crippen molar-refractivity contribution in [3.63, 3.8) is 0 Å². The van der Waals surface area contributed by atoms with Crippen LogP contribution in [0.1, 0.15) is 19.1 Å². The largest absolute Gasteiger partial charge is 0.573 e. The third-order valence-electron chi connectivity index (χ3n) is 3.46. The molecular formula is C18H19F3N2O5. The molecule has 0 fully saturated rings. The Bertz CT molecular complexity index is 778. The fourth-order valence-electron chi connectivity index (χ4n) is 2.28. The van der Waals surface area contributed by atoms with Gasteiger partial charge in [-0.1, -0.05) is 12.1 Å². The lowest BCUT2D eigenvalue weighted by atomic mass is 10.3. The van der Waals surface area contributed by atoms with E-state index >= 15 is 0 Å². The first-order valence-electron chi connectivity index (χ1n) is 8.37. The minimum atomic E-state index is -4.90. The van der Waals surface area contributed by atoms with E-state index in [1.54, 1.807) is 19.1 Å². The fourth-order valence-corrected chi connectivity index (χ4v) is 2.28. The molecule has 2 rings (SSSR count). The van der Waals surface area contributed by atoms with Crippen LogP contribution in [0.2, 0.25) is 0 Å². The monoisotopic (exact) mass is 400 g/mol. The number of hydrogen-bond donors (Lipinski definition) is 1. The quantitative estimate of drug-likeness (QED) is 0.673. The molecule has 7 nitrogen and oxygen atoms in total. The summed E-state index contributed by atoms with van der Waals surface area (Å²) in [4.78, 5) is 25.4. The van der Waals surface area contributed by atoms with Crippen LogP contribution in [0.3, 0.4) is 0 Å². The normalized spacial score (nSPS) is 11.0. The number of carbonyl (C=O) groups excluding carboxylic acids is 2.